The van der Waals surface area contributed by atoms with Gasteiger partial charge in [0.15, 0.2) is 5.57 Å². The molecule has 10 heteroatoms. The van der Waals surface area contributed by atoms with E-state index in [0.29, 0.717) is 10.7 Å². The number of benzene rings is 1. The number of aliphatic hydroxyl groups is 5. The Balaban J connectivity index is 2.78. The molecule has 0 saturated carbocycles. The van der Waals surface area contributed by atoms with Crippen molar-refractivity contribution in [3.05, 3.63) is 34.9 Å². The van der Waals surface area contributed by atoms with Crippen LogP contribution in [0.3, 0.4) is 0 Å². The Labute approximate surface area is 172 Å². The van der Waals surface area contributed by atoms with Gasteiger partial charge in [-0.1, -0.05) is 6.92 Å². The molecule has 5 unspecified atom stereocenters. The first-order chi connectivity index (χ1) is 13.3. The molecule has 0 heterocycles. The summed E-state index contributed by atoms with van der Waals surface area (Å²) in [5, 5.41) is 68.9. The van der Waals surface area contributed by atoms with Crippen LogP contribution in [0.2, 0.25) is 0 Å². The van der Waals surface area contributed by atoms with Crippen molar-refractivity contribution in [2.75, 3.05) is 18.2 Å². The summed E-state index contributed by atoms with van der Waals surface area (Å²) in [7, 11) is 0. The van der Waals surface area contributed by atoms with E-state index in [0.717, 1.165) is 4.90 Å². The molecule has 0 aliphatic carbocycles. The number of nitrogens with zero attached hydrogens (tertiary/aromatic N) is 2. The molecule has 0 aromatic heterocycles. The monoisotopic (exact) mass is 425 g/mol. The zero-order valence-corrected chi connectivity index (χ0v) is 17.0. The highest BCUT2D eigenvalue weighted by Gasteiger charge is 2.33. The van der Waals surface area contributed by atoms with E-state index in [9.17, 15) is 20.4 Å². The lowest BCUT2D eigenvalue weighted by Crippen LogP contribution is -2.48. The van der Waals surface area contributed by atoms with Crippen molar-refractivity contribution in [3.63, 3.8) is 0 Å². The molecular weight excluding hydrogens is 402 g/mol. The summed E-state index contributed by atoms with van der Waals surface area (Å²) < 4.78 is 0. The Bertz CT molecular complexity index is 729. The maximum absolute atomic E-state index is 10.2. The van der Waals surface area contributed by atoms with E-state index in [1.165, 1.54) is 23.5 Å². The Kier molecular flexibility index (Phi) is 10.4. The molecule has 0 aliphatic heterocycles. The largest absolute Gasteiger partial charge is 0.394 e. The van der Waals surface area contributed by atoms with Crippen LogP contribution < -0.4 is 5.32 Å². The van der Waals surface area contributed by atoms with Gasteiger partial charge in [-0.05, 0) is 30.5 Å². The summed E-state index contributed by atoms with van der Waals surface area (Å²) in [6.45, 7) is 0.927. The first-order valence-corrected chi connectivity index (χ1v) is 10.3. The molecule has 1 aromatic carbocycles. The van der Waals surface area contributed by atoms with Crippen LogP contribution >= 0.6 is 23.5 Å². The van der Waals surface area contributed by atoms with Crippen LogP contribution in [0.4, 0.5) is 5.69 Å². The Morgan fingerprint density at radius 2 is 1.61 bits per heavy atom. The highest BCUT2D eigenvalue weighted by atomic mass is 32.2. The van der Waals surface area contributed by atoms with Gasteiger partial charge >= 0.3 is 0 Å². The SMILES string of the molecule is CSC(Nc1ccc(SC(C)C(O)C(O)C(O)C(O)CO)cc1)=C(C#N)C#N. The van der Waals surface area contributed by atoms with Gasteiger partial charge < -0.3 is 30.8 Å². The van der Waals surface area contributed by atoms with Gasteiger partial charge in [0, 0.05) is 15.8 Å². The number of nitriles is 2. The fourth-order valence-corrected chi connectivity index (χ4v) is 3.73. The molecule has 1 aromatic rings. The lowest BCUT2D eigenvalue weighted by Gasteiger charge is -2.29. The summed E-state index contributed by atoms with van der Waals surface area (Å²) in [6.07, 6.45) is -4.41. The second-order valence-electron chi connectivity index (χ2n) is 5.83. The van der Waals surface area contributed by atoms with Gasteiger partial charge in [-0.2, -0.15) is 10.5 Å². The second-order valence-corrected chi connectivity index (χ2v) is 8.09. The van der Waals surface area contributed by atoms with E-state index in [1.807, 2.05) is 12.1 Å². The summed E-state index contributed by atoms with van der Waals surface area (Å²) in [5.41, 5.74) is 0.659. The lowest BCUT2D eigenvalue weighted by atomic mass is 10.0. The highest BCUT2D eigenvalue weighted by molar-refractivity contribution is 8.02. The van der Waals surface area contributed by atoms with Crippen LogP contribution in [0, 0.1) is 22.7 Å². The average molecular weight is 426 g/mol. The summed E-state index contributed by atoms with van der Waals surface area (Å²) in [5.74, 6) is 0. The summed E-state index contributed by atoms with van der Waals surface area (Å²) in [4.78, 5) is 0.775. The van der Waals surface area contributed by atoms with Gasteiger partial charge in [-0.3, -0.25) is 0 Å². The number of aliphatic hydroxyl groups excluding tert-OH is 5. The van der Waals surface area contributed by atoms with E-state index < -0.39 is 36.3 Å². The van der Waals surface area contributed by atoms with E-state index in [1.54, 1.807) is 37.4 Å². The fraction of sp³-hybridized carbons (Fsp3) is 0.444. The topological polar surface area (TPSA) is 161 Å². The van der Waals surface area contributed by atoms with Crippen molar-refractivity contribution in [3.8, 4) is 12.1 Å². The molecule has 0 spiro atoms. The molecule has 28 heavy (non-hydrogen) atoms. The van der Waals surface area contributed by atoms with Crippen LogP contribution in [0.1, 0.15) is 6.92 Å². The fourth-order valence-electron chi connectivity index (χ4n) is 2.19. The third kappa shape index (κ3) is 6.69. The van der Waals surface area contributed by atoms with Crippen LogP contribution in [-0.4, -0.2) is 68.1 Å². The first-order valence-electron chi connectivity index (χ1n) is 8.24. The van der Waals surface area contributed by atoms with Gasteiger partial charge in [0.1, 0.15) is 35.5 Å². The number of allylic oxidation sites excluding steroid dienone is 1. The van der Waals surface area contributed by atoms with Crippen molar-refractivity contribution in [1.29, 1.82) is 10.5 Å². The predicted octanol–water partition coefficient (Wildman–Crippen LogP) is 0.637. The number of hydrogen-bond acceptors (Lipinski definition) is 10. The van der Waals surface area contributed by atoms with Crippen LogP contribution in [0.25, 0.3) is 0 Å². The average Bonchev–Trinajstić information content (AvgIpc) is 2.72. The highest BCUT2D eigenvalue weighted by Crippen LogP contribution is 2.29. The third-order valence-corrected chi connectivity index (χ3v) is 5.76. The molecule has 5 atom stereocenters. The summed E-state index contributed by atoms with van der Waals surface area (Å²) in [6, 6.07) is 10.7. The molecule has 8 nitrogen and oxygen atoms in total. The zero-order chi connectivity index (χ0) is 21.3. The molecule has 1 rings (SSSR count). The number of hydrogen-bond donors (Lipinski definition) is 6. The van der Waals surface area contributed by atoms with Crippen molar-refractivity contribution in [2.24, 2.45) is 0 Å². The van der Waals surface area contributed by atoms with Crippen molar-refractivity contribution >= 4 is 29.2 Å². The predicted molar refractivity (Wildman–Crippen MR) is 108 cm³/mol. The van der Waals surface area contributed by atoms with Crippen LogP contribution in [0.15, 0.2) is 39.8 Å². The molecule has 0 saturated heterocycles. The molecule has 0 radical (unpaired) electrons. The minimum absolute atomic E-state index is 0.0136. The van der Waals surface area contributed by atoms with Crippen molar-refractivity contribution in [1.82, 2.24) is 0 Å². The van der Waals surface area contributed by atoms with Gasteiger partial charge in [-0.15, -0.1) is 23.5 Å². The third-order valence-electron chi connectivity index (χ3n) is 3.85. The molecule has 6 N–H and O–H groups in total. The summed E-state index contributed by atoms with van der Waals surface area (Å²) >= 11 is 2.50. The van der Waals surface area contributed by atoms with E-state index >= 15 is 0 Å². The van der Waals surface area contributed by atoms with Crippen LogP contribution in [-0.2, 0) is 0 Å². The zero-order valence-electron chi connectivity index (χ0n) is 15.4. The number of anilines is 1. The second kappa shape index (κ2) is 11.9. The van der Waals surface area contributed by atoms with Gasteiger partial charge in [0.05, 0.1) is 12.7 Å². The Morgan fingerprint density at radius 3 is 2.07 bits per heavy atom. The molecule has 152 valence electrons. The van der Waals surface area contributed by atoms with Crippen molar-refractivity contribution < 1.29 is 25.5 Å². The maximum Gasteiger partial charge on any atom is 0.159 e. The van der Waals surface area contributed by atoms with E-state index in [-0.39, 0.29) is 5.57 Å². The smallest absolute Gasteiger partial charge is 0.159 e. The lowest BCUT2D eigenvalue weighted by molar-refractivity contribution is -0.114. The molecule has 0 amide bonds. The number of rotatable bonds is 10. The molecule has 0 aliphatic rings. The molecular formula is C18H23N3O5S2. The van der Waals surface area contributed by atoms with Gasteiger partial charge in [0.2, 0.25) is 0 Å². The standard InChI is InChI=1S/C18H23N3O5S2/c1-10(15(24)17(26)16(25)14(23)9-22)28-13-5-3-12(4-6-13)21-18(27-2)11(7-19)8-20/h3-6,10,14-17,21-26H,9H2,1-2H3. The maximum atomic E-state index is 10.2. The quantitative estimate of drug-likeness (QED) is 0.232. The minimum atomic E-state index is -1.67. The molecule has 0 bridgehead atoms. The van der Waals surface area contributed by atoms with Gasteiger partial charge in [-0.25, -0.2) is 0 Å². The normalized spacial score (nSPS) is 16.0. The number of thioether (sulfide) groups is 2. The Hall–Kier alpha value is -1.76. The van der Waals surface area contributed by atoms with Crippen molar-refractivity contribution in [2.45, 2.75) is 41.5 Å². The number of nitrogens with one attached hydrogen (secondary N) is 1. The van der Waals surface area contributed by atoms with Crippen LogP contribution in [0.5, 0.6) is 0 Å². The van der Waals surface area contributed by atoms with E-state index in [2.05, 4.69) is 5.32 Å². The minimum Gasteiger partial charge on any atom is -0.394 e. The Morgan fingerprint density at radius 1 is 1.04 bits per heavy atom. The van der Waals surface area contributed by atoms with Gasteiger partial charge in [0.25, 0.3) is 0 Å². The first kappa shape index (κ1) is 24.3. The van der Waals surface area contributed by atoms with E-state index in [4.69, 9.17) is 15.6 Å². The molecule has 0 fully saturated rings.